The molecule has 110 valence electrons. The van der Waals surface area contributed by atoms with E-state index in [1.807, 2.05) is 0 Å². The maximum absolute atomic E-state index is 12.0. The van der Waals surface area contributed by atoms with Crippen LogP contribution in [0.2, 0.25) is 0 Å². The van der Waals surface area contributed by atoms with Crippen molar-refractivity contribution in [1.82, 2.24) is 4.90 Å². The lowest BCUT2D eigenvalue weighted by atomic mass is 9.96. The van der Waals surface area contributed by atoms with Crippen LogP contribution in [0.3, 0.4) is 0 Å². The molecular weight excluding hydrogens is 250 g/mol. The predicted molar refractivity (Wildman–Crippen MR) is 68.7 cm³/mol. The number of carbonyl (C=O) groups is 2. The maximum Gasteiger partial charge on any atom is 0.410 e. The zero-order valence-electron chi connectivity index (χ0n) is 12.3. The van der Waals surface area contributed by atoms with Crippen molar-refractivity contribution in [2.45, 2.75) is 38.9 Å². The standard InChI is InChI=1S/C13H23NO5/c1-13(2,3)19-12(16)14-7-9(11(15)18-5)6-10(8-14)17-4/h9-10H,6-8H2,1-5H3. The minimum absolute atomic E-state index is 0.176. The van der Waals surface area contributed by atoms with Crippen LogP contribution in [0.1, 0.15) is 27.2 Å². The Morgan fingerprint density at radius 2 is 1.79 bits per heavy atom. The molecule has 0 bridgehead atoms. The quantitative estimate of drug-likeness (QED) is 0.712. The molecule has 0 aromatic rings. The molecule has 1 fully saturated rings. The van der Waals surface area contributed by atoms with Gasteiger partial charge in [-0.05, 0) is 27.2 Å². The van der Waals surface area contributed by atoms with E-state index in [2.05, 4.69) is 0 Å². The highest BCUT2D eigenvalue weighted by molar-refractivity contribution is 5.75. The third kappa shape index (κ3) is 4.70. The van der Waals surface area contributed by atoms with Crippen molar-refractivity contribution in [1.29, 1.82) is 0 Å². The van der Waals surface area contributed by atoms with Crippen LogP contribution in [0.25, 0.3) is 0 Å². The van der Waals surface area contributed by atoms with E-state index in [0.717, 1.165) is 0 Å². The highest BCUT2D eigenvalue weighted by Crippen LogP contribution is 2.22. The number of nitrogens with zero attached hydrogens (tertiary/aromatic N) is 1. The third-order valence-corrected chi connectivity index (χ3v) is 2.93. The van der Waals surface area contributed by atoms with Gasteiger partial charge in [0.25, 0.3) is 0 Å². The fourth-order valence-electron chi connectivity index (χ4n) is 2.04. The van der Waals surface area contributed by atoms with Crippen molar-refractivity contribution < 1.29 is 23.8 Å². The number of rotatable bonds is 2. The van der Waals surface area contributed by atoms with Crippen molar-refractivity contribution in [2.24, 2.45) is 5.92 Å². The molecular formula is C13H23NO5. The van der Waals surface area contributed by atoms with E-state index < -0.39 is 11.7 Å². The first-order valence-electron chi connectivity index (χ1n) is 6.35. The molecule has 6 heteroatoms. The van der Waals surface area contributed by atoms with Gasteiger partial charge in [0.15, 0.2) is 0 Å². The second-order valence-electron chi connectivity index (χ2n) is 5.70. The molecule has 1 heterocycles. The summed E-state index contributed by atoms with van der Waals surface area (Å²) < 4.78 is 15.3. The highest BCUT2D eigenvalue weighted by atomic mass is 16.6. The highest BCUT2D eigenvalue weighted by Gasteiger charge is 2.36. The first-order valence-corrected chi connectivity index (χ1v) is 6.35. The van der Waals surface area contributed by atoms with Gasteiger partial charge in [-0.1, -0.05) is 0 Å². The molecule has 6 nitrogen and oxygen atoms in total. The van der Waals surface area contributed by atoms with Gasteiger partial charge in [0.05, 0.1) is 25.7 Å². The molecule has 0 aromatic carbocycles. The van der Waals surface area contributed by atoms with Crippen LogP contribution in [0.15, 0.2) is 0 Å². The van der Waals surface area contributed by atoms with Crippen LogP contribution in [0.5, 0.6) is 0 Å². The molecule has 1 aliphatic heterocycles. The maximum atomic E-state index is 12.0. The summed E-state index contributed by atoms with van der Waals surface area (Å²) in [5, 5.41) is 0. The molecule has 1 aliphatic rings. The monoisotopic (exact) mass is 273 g/mol. The summed E-state index contributed by atoms with van der Waals surface area (Å²) >= 11 is 0. The molecule has 0 spiro atoms. The van der Waals surface area contributed by atoms with E-state index in [9.17, 15) is 9.59 Å². The van der Waals surface area contributed by atoms with Crippen LogP contribution < -0.4 is 0 Å². The fraction of sp³-hybridized carbons (Fsp3) is 0.846. The van der Waals surface area contributed by atoms with Crippen LogP contribution in [-0.2, 0) is 19.0 Å². The summed E-state index contributed by atoms with van der Waals surface area (Å²) in [6, 6.07) is 0. The second-order valence-corrected chi connectivity index (χ2v) is 5.70. The lowest BCUT2D eigenvalue weighted by Gasteiger charge is -2.36. The van der Waals surface area contributed by atoms with Gasteiger partial charge in [0, 0.05) is 13.7 Å². The number of methoxy groups -OCH3 is 2. The van der Waals surface area contributed by atoms with E-state index in [1.165, 1.54) is 12.0 Å². The van der Waals surface area contributed by atoms with Gasteiger partial charge in [-0.3, -0.25) is 4.79 Å². The number of esters is 1. The number of likely N-dealkylation sites (tertiary alicyclic amines) is 1. The number of piperidine rings is 1. The smallest absolute Gasteiger partial charge is 0.410 e. The van der Waals surface area contributed by atoms with E-state index in [1.54, 1.807) is 27.9 Å². The lowest BCUT2D eigenvalue weighted by Crippen LogP contribution is -2.50. The number of ether oxygens (including phenoxy) is 3. The second kappa shape index (κ2) is 6.23. The zero-order valence-corrected chi connectivity index (χ0v) is 12.3. The SMILES string of the molecule is COC(=O)C1CC(OC)CN(C(=O)OC(C)(C)C)C1. The van der Waals surface area contributed by atoms with Gasteiger partial charge < -0.3 is 19.1 Å². The van der Waals surface area contributed by atoms with Crippen molar-refractivity contribution in [3.05, 3.63) is 0 Å². The molecule has 0 N–H and O–H groups in total. The molecule has 2 atom stereocenters. The number of carbonyl (C=O) groups excluding carboxylic acids is 2. The Morgan fingerprint density at radius 3 is 2.26 bits per heavy atom. The molecule has 19 heavy (non-hydrogen) atoms. The van der Waals surface area contributed by atoms with Gasteiger partial charge in [0.1, 0.15) is 5.60 Å². The summed E-state index contributed by atoms with van der Waals surface area (Å²) in [6.45, 7) is 6.15. The molecule has 0 aliphatic carbocycles. The number of hydrogen-bond donors (Lipinski definition) is 0. The first-order chi connectivity index (χ1) is 8.76. The third-order valence-electron chi connectivity index (χ3n) is 2.93. The minimum atomic E-state index is -0.558. The van der Waals surface area contributed by atoms with Crippen molar-refractivity contribution in [3.8, 4) is 0 Å². The average molecular weight is 273 g/mol. The van der Waals surface area contributed by atoms with Crippen molar-refractivity contribution >= 4 is 12.1 Å². The Bertz CT molecular complexity index is 336. The normalized spacial score (nSPS) is 23.9. The summed E-state index contributed by atoms with van der Waals surface area (Å²) in [5.41, 5.74) is -0.558. The van der Waals surface area contributed by atoms with Gasteiger partial charge in [0.2, 0.25) is 0 Å². The lowest BCUT2D eigenvalue weighted by molar-refractivity contribution is -0.149. The zero-order chi connectivity index (χ0) is 14.6. The predicted octanol–water partition coefficient (Wildman–Crippen LogP) is 1.43. The largest absolute Gasteiger partial charge is 0.469 e. The van der Waals surface area contributed by atoms with Crippen molar-refractivity contribution in [2.75, 3.05) is 27.3 Å². The molecule has 1 rings (SSSR count). The van der Waals surface area contributed by atoms with E-state index in [0.29, 0.717) is 19.5 Å². The van der Waals surface area contributed by atoms with Gasteiger partial charge in [-0.2, -0.15) is 0 Å². The van der Waals surface area contributed by atoms with Crippen LogP contribution >= 0.6 is 0 Å². The van der Waals surface area contributed by atoms with Crippen molar-refractivity contribution in [3.63, 3.8) is 0 Å². The fourth-order valence-corrected chi connectivity index (χ4v) is 2.04. The van der Waals surface area contributed by atoms with Gasteiger partial charge in [-0.15, -0.1) is 0 Å². The Morgan fingerprint density at radius 1 is 1.16 bits per heavy atom. The average Bonchev–Trinajstić information content (AvgIpc) is 2.35. The van der Waals surface area contributed by atoms with Crippen LogP contribution in [0.4, 0.5) is 4.79 Å². The van der Waals surface area contributed by atoms with Crippen LogP contribution in [-0.4, -0.2) is 56.0 Å². The molecule has 0 radical (unpaired) electrons. The first kappa shape index (κ1) is 15.8. The van der Waals surface area contributed by atoms with E-state index in [-0.39, 0.29) is 18.0 Å². The topological polar surface area (TPSA) is 65.1 Å². The Labute approximate surface area is 114 Å². The summed E-state index contributed by atoms with van der Waals surface area (Å²) in [5.74, 6) is -0.688. The molecule has 1 saturated heterocycles. The molecule has 1 amide bonds. The van der Waals surface area contributed by atoms with E-state index in [4.69, 9.17) is 14.2 Å². The Kier molecular flexibility index (Phi) is 5.17. The number of hydrogen-bond acceptors (Lipinski definition) is 5. The summed E-state index contributed by atoms with van der Waals surface area (Å²) in [6.07, 6.45) is -0.0452. The Hall–Kier alpha value is -1.30. The summed E-state index contributed by atoms with van der Waals surface area (Å²) in [4.78, 5) is 25.2. The number of amides is 1. The van der Waals surface area contributed by atoms with E-state index >= 15 is 0 Å². The molecule has 0 aromatic heterocycles. The van der Waals surface area contributed by atoms with Gasteiger partial charge >= 0.3 is 12.1 Å². The summed E-state index contributed by atoms with van der Waals surface area (Å²) in [7, 11) is 2.91. The minimum Gasteiger partial charge on any atom is -0.469 e. The van der Waals surface area contributed by atoms with Crippen LogP contribution in [0, 0.1) is 5.92 Å². The van der Waals surface area contributed by atoms with Gasteiger partial charge in [-0.25, -0.2) is 4.79 Å². The molecule has 0 saturated carbocycles. The Balaban J connectivity index is 2.71. The molecule has 2 unspecified atom stereocenters.